The molecule has 1 aromatic heterocycles. The van der Waals surface area contributed by atoms with Gasteiger partial charge in [-0.3, -0.25) is 0 Å². The second-order valence-corrected chi connectivity index (χ2v) is 5.53. The minimum absolute atomic E-state index is 0.565. The molecule has 3 rings (SSSR count). The average molecular weight is 208 g/mol. The highest BCUT2D eigenvalue weighted by Gasteiger charge is 2.48. The van der Waals surface area contributed by atoms with E-state index >= 15 is 0 Å². The SMILES string of the molecule is CNC(c1ccns1)C1CC2CC2C1. The smallest absolute Gasteiger partial charge is 0.0457 e. The van der Waals surface area contributed by atoms with Crippen molar-refractivity contribution in [3.63, 3.8) is 0 Å². The van der Waals surface area contributed by atoms with Gasteiger partial charge < -0.3 is 5.32 Å². The summed E-state index contributed by atoms with van der Waals surface area (Å²) in [5.74, 6) is 3.01. The summed E-state index contributed by atoms with van der Waals surface area (Å²) < 4.78 is 4.19. The van der Waals surface area contributed by atoms with Crippen LogP contribution in [0.15, 0.2) is 12.3 Å². The van der Waals surface area contributed by atoms with Crippen LogP contribution in [0.3, 0.4) is 0 Å². The van der Waals surface area contributed by atoms with Crippen LogP contribution in [0.1, 0.15) is 30.2 Å². The molecule has 2 nitrogen and oxygen atoms in total. The van der Waals surface area contributed by atoms with Gasteiger partial charge in [0.05, 0.1) is 0 Å². The number of rotatable bonds is 3. The van der Waals surface area contributed by atoms with Crippen LogP contribution in [0.4, 0.5) is 0 Å². The minimum atomic E-state index is 0.565. The van der Waals surface area contributed by atoms with Crippen molar-refractivity contribution in [2.75, 3.05) is 7.05 Å². The van der Waals surface area contributed by atoms with E-state index in [1.54, 1.807) is 11.5 Å². The van der Waals surface area contributed by atoms with Crippen molar-refractivity contribution >= 4 is 11.5 Å². The summed E-state index contributed by atoms with van der Waals surface area (Å²) in [7, 11) is 2.08. The molecular weight excluding hydrogens is 192 g/mol. The fraction of sp³-hybridized carbons (Fsp3) is 0.727. The topological polar surface area (TPSA) is 24.9 Å². The number of hydrogen-bond acceptors (Lipinski definition) is 3. The molecule has 0 aliphatic heterocycles. The minimum Gasteiger partial charge on any atom is -0.312 e. The Kier molecular flexibility index (Phi) is 2.10. The van der Waals surface area contributed by atoms with Crippen molar-refractivity contribution in [1.29, 1.82) is 0 Å². The van der Waals surface area contributed by atoms with E-state index in [-0.39, 0.29) is 0 Å². The van der Waals surface area contributed by atoms with Crippen molar-refractivity contribution in [3.05, 3.63) is 17.1 Å². The molecule has 2 fully saturated rings. The van der Waals surface area contributed by atoms with Gasteiger partial charge in [-0.05, 0) is 61.7 Å². The maximum atomic E-state index is 4.19. The third-order valence-electron chi connectivity index (χ3n) is 3.83. The van der Waals surface area contributed by atoms with E-state index in [0.717, 1.165) is 17.8 Å². The highest BCUT2D eigenvalue weighted by molar-refractivity contribution is 7.05. The molecule has 3 unspecified atom stereocenters. The fourth-order valence-corrected chi connectivity index (χ4v) is 3.82. The van der Waals surface area contributed by atoms with Gasteiger partial charge in [-0.15, -0.1) is 0 Å². The fourth-order valence-electron chi connectivity index (χ4n) is 3.03. The van der Waals surface area contributed by atoms with Gasteiger partial charge in [0.1, 0.15) is 0 Å². The molecule has 3 atom stereocenters. The Morgan fingerprint density at radius 2 is 2.21 bits per heavy atom. The van der Waals surface area contributed by atoms with Crippen LogP contribution in [-0.2, 0) is 0 Å². The van der Waals surface area contributed by atoms with Crippen LogP contribution in [0, 0.1) is 17.8 Å². The molecule has 1 heterocycles. The van der Waals surface area contributed by atoms with Gasteiger partial charge in [0.25, 0.3) is 0 Å². The quantitative estimate of drug-likeness (QED) is 0.825. The Bertz CT molecular complexity index is 299. The van der Waals surface area contributed by atoms with Gasteiger partial charge in [0.15, 0.2) is 0 Å². The van der Waals surface area contributed by atoms with Crippen molar-refractivity contribution in [3.8, 4) is 0 Å². The molecule has 1 N–H and O–H groups in total. The molecule has 14 heavy (non-hydrogen) atoms. The number of hydrogen-bond donors (Lipinski definition) is 1. The molecule has 0 radical (unpaired) electrons. The first-order chi connectivity index (χ1) is 6.88. The zero-order valence-corrected chi connectivity index (χ0v) is 9.26. The molecule has 0 aromatic carbocycles. The van der Waals surface area contributed by atoms with Crippen LogP contribution in [-0.4, -0.2) is 11.4 Å². The second-order valence-electron chi connectivity index (χ2n) is 4.67. The third kappa shape index (κ3) is 1.39. The number of nitrogens with one attached hydrogen (secondary N) is 1. The van der Waals surface area contributed by atoms with E-state index in [1.165, 1.54) is 24.1 Å². The highest BCUT2D eigenvalue weighted by atomic mass is 32.1. The number of nitrogens with zero attached hydrogens (tertiary/aromatic N) is 1. The van der Waals surface area contributed by atoms with E-state index in [0.29, 0.717) is 6.04 Å². The lowest BCUT2D eigenvalue weighted by Crippen LogP contribution is -2.23. The van der Waals surface area contributed by atoms with Gasteiger partial charge in [0, 0.05) is 17.1 Å². The van der Waals surface area contributed by atoms with Gasteiger partial charge in [-0.2, -0.15) is 0 Å². The van der Waals surface area contributed by atoms with E-state index in [4.69, 9.17) is 0 Å². The van der Waals surface area contributed by atoms with Crippen LogP contribution in [0.2, 0.25) is 0 Å². The summed E-state index contributed by atoms with van der Waals surface area (Å²) in [5.41, 5.74) is 0. The van der Waals surface area contributed by atoms with Crippen LogP contribution in [0.25, 0.3) is 0 Å². The molecule has 76 valence electrons. The number of fused-ring (bicyclic) bond motifs is 1. The van der Waals surface area contributed by atoms with Crippen LogP contribution < -0.4 is 5.32 Å². The standard InChI is InChI=1S/C11H16N2S/c1-12-11(10-2-3-13-14-10)9-5-7-4-8(7)6-9/h2-3,7-9,11-12H,4-6H2,1H3. The Balaban J connectivity index is 1.74. The Hall–Kier alpha value is -0.410. The van der Waals surface area contributed by atoms with Crippen LogP contribution >= 0.6 is 11.5 Å². The summed E-state index contributed by atoms with van der Waals surface area (Å²) in [6.45, 7) is 0. The molecule has 2 saturated carbocycles. The summed E-state index contributed by atoms with van der Waals surface area (Å²) in [6.07, 6.45) is 6.30. The lowest BCUT2D eigenvalue weighted by molar-refractivity contribution is 0.364. The van der Waals surface area contributed by atoms with Gasteiger partial charge in [-0.25, -0.2) is 4.37 Å². The first kappa shape index (κ1) is 8.86. The zero-order valence-electron chi connectivity index (χ0n) is 8.44. The van der Waals surface area contributed by atoms with Gasteiger partial charge >= 0.3 is 0 Å². The first-order valence-electron chi connectivity index (χ1n) is 5.46. The average Bonchev–Trinajstić information content (AvgIpc) is 2.70. The van der Waals surface area contributed by atoms with Crippen molar-refractivity contribution < 1.29 is 0 Å². The monoisotopic (exact) mass is 208 g/mol. The first-order valence-corrected chi connectivity index (χ1v) is 6.23. The van der Waals surface area contributed by atoms with Crippen molar-refractivity contribution in [2.24, 2.45) is 17.8 Å². The summed E-state index contributed by atoms with van der Waals surface area (Å²) in [6, 6.07) is 2.73. The number of aromatic nitrogens is 1. The van der Waals surface area contributed by atoms with E-state index in [9.17, 15) is 0 Å². The van der Waals surface area contributed by atoms with E-state index < -0.39 is 0 Å². The normalized spacial score (nSPS) is 36.8. The molecule has 0 amide bonds. The Morgan fingerprint density at radius 1 is 1.43 bits per heavy atom. The third-order valence-corrected chi connectivity index (χ3v) is 4.65. The van der Waals surface area contributed by atoms with Crippen molar-refractivity contribution in [1.82, 2.24) is 9.69 Å². The van der Waals surface area contributed by atoms with E-state index in [1.807, 2.05) is 6.20 Å². The lowest BCUT2D eigenvalue weighted by Gasteiger charge is -2.22. The maximum absolute atomic E-state index is 4.19. The molecule has 1 aromatic rings. The van der Waals surface area contributed by atoms with Gasteiger partial charge in [0.2, 0.25) is 0 Å². The molecule has 2 aliphatic rings. The summed E-state index contributed by atoms with van der Waals surface area (Å²) in [5, 5.41) is 3.46. The largest absolute Gasteiger partial charge is 0.312 e. The summed E-state index contributed by atoms with van der Waals surface area (Å²) in [4.78, 5) is 1.42. The highest BCUT2D eigenvalue weighted by Crippen LogP contribution is 2.57. The Morgan fingerprint density at radius 3 is 2.79 bits per heavy atom. The molecule has 0 spiro atoms. The van der Waals surface area contributed by atoms with Crippen LogP contribution in [0.5, 0.6) is 0 Å². The zero-order chi connectivity index (χ0) is 9.54. The maximum Gasteiger partial charge on any atom is 0.0457 e. The van der Waals surface area contributed by atoms with E-state index in [2.05, 4.69) is 22.8 Å². The molecule has 3 heteroatoms. The lowest BCUT2D eigenvalue weighted by atomic mass is 9.93. The molecule has 0 saturated heterocycles. The molecular formula is C11H16N2S. The second kappa shape index (κ2) is 3.31. The predicted octanol–water partition coefficient (Wildman–Crippen LogP) is 2.45. The van der Waals surface area contributed by atoms with Crippen molar-refractivity contribution in [2.45, 2.75) is 25.3 Å². The molecule has 0 bridgehead atoms. The Labute approximate surface area is 88.9 Å². The summed E-state index contributed by atoms with van der Waals surface area (Å²) >= 11 is 1.65. The predicted molar refractivity (Wildman–Crippen MR) is 58.2 cm³/mol. The van der Waals surface area contributed by atoms with Gasteiger partial charge in [-0.1, -0.05) is 0 Å². The molecule has 2 aliphatic carbocycles.